The average Bonchev–Trinajstić information content (AvgIpc) is 3.22. The molecule has 0 spiro atoms. The van der Waals surface area contributed by atoms with E-state index in [0.717, 1.165) is 16.5 Å². The van der Waals surface area contributed by atoms with Crippen LogP contribution in [0.4, 0.5) is 5.82 Å². The predicted octanol–water partition coefficient (Wildman–Crippen LogP) is 2.59. The van der Waals surface area contributed by atoms with Crippen molar-refractivity contribution in [2.24, 2.45) is 0 Å². The van der Waals surface area contributed by atoms with Crippen LogP contribution in [0.3, 0.4) is 0 Å². The van der Waals surface area contributed by atoms with Crippen LogP contribution in [-0.2, 0) is 4.79 Å². The quantitative estimate of drug-likeness (QED) is 0.532. The topological polar surface area (TPSA) is 97.6 Å². The lowest BCUT2D eigenvalue weighted by Crippen LogP contribution is -2.36. The van der Waals surface area contributed by atoms with Crippen molar-refractivity contribution in [1.29, 1.82) is 0 Å². The average molecular weight is 359 g/mol. The van der Waals surface area contributed by atoms with Gasteiger partial charge in [-0.15, -0.1) is 10.2 Å². The summed E-state index contributed by atoms with van der Waals surface area (Å²) in [5.41, 5.74) is 7.14. The van der Waals surface area contributed by atoms with E-state index in [1.807, 2.05) is 60.7 Å². The lowest BCUT2D eigenvalue weighted by molar-refractivity contribution is -0.123. The van der Waals surface area contributed by atoms with Gasteiger partial charge in [0, 0.05) is 10.9 Å². The van der Waals surface area contributed by atoms with E-state index >= 15 is 0 Å². The second kappa shape index (κ2) is 7.20. The molecule has 0 aliphatic heterocycles. The minimum absolute atomic E-state index is 0.304. The van der Waals surface area contributed by atoms with E-state index in [0.29, 0.717) is 11.6 Å². The Hall–Kier alpha value is -3.81. The van der Waals surface area contributed by atoms with Crippen LogP contribution < -0.4 is 10.9 Å². The molecule has 4 aromatic rings. The molecule has 2 N–H and O–H groups in total. The first-order chi connectivity index (χ1) is 13.2. The molecule has 0 aliphatic rings. The Morgan fingerprint density at radius 1 is 1.00 bits per heavy atom. The van der Waals surface area contributed by atoms with Crippen molar-refractivity contribution < 1.29 is 4.79 Å². The SMILES string of the molecule is CC(C(=O)NNc1ccc2ccccc2n1)n1nnc(-c2ccccc2)n1. The van der Waals surface area contributed by atoms with Gasteiger partial charge in [-0.1, -0.05) is 48.5 Å². The number of hydrogen-bond donors (Lipinski definition) is 2. The van der Waals surface area contributed by atoms with Crippen molar-refractivity contribution in [3.8, 4) is 11.4 Å². The first-order valence-electron chi connectivity index (χ1n) is 8.47. The molecule has 2 aromatic carbocycles. The smallest absolute Gasteiger partial charge is 0.264 e. The number of nitrogens with zero attached hydrogens (tertiary/aromatic N) is 5. The van der Waals surface area contributed by atoms with Crippen LogP contribution in [0, 0.1) is 0 Å². The molecule has 27 heavy (non-hydrogen) atoms. The van der Waals surface area contributed by atoms with Gasteiger partial charge in [-0.05, 0) is 30.3 Å². The second-order valence-electron chi connectivity index (χ2n) is 5.98. The number of hydrazine groups is 1. The maximum Gasteiger partial charge on any atom is 0.264 e. The number of carbonyl (C=O) groups excluding carboxylic acids is 1. The molecule has 4 rings (SSSR count). The van der Waals surface area contributed by atoms with Gasteiger partial charge in [0.2, 0.25) is 5.82 Å². The van der Waals surface area contributed by atoms with Gasteiger partial charge >= 0.3 is 0 Å². The number of anilines is 1. The van der Waals surface area contributed by atoms with Gasteiger partial charge in [0.05, 0.1) is 5.52 Å². The first kappa shape index (κ1) is 16.6. The number of tetrazole rings is 1. The van der Waals surface area contributed by atoms with Crippen LogP contribution in [0.2, 0.25) is 0 Å². The van der Waals surface area contributed by atoms with Gasteiger partial charge in [0.25, 0.3) is 5.91 Å². The molecule has 2 aromatic heterocycles. The Morgan fingerprint density at radius 2 is 1.78 bits per heavy atom. The molecule has 2 heterocycles. The highest BCUT2D eigenvalue weighted by Gasteiger charge is 2.18. The third kappa shape index (κ3) is 3.59. The Labute approximate surface area is 155 Å². The standard InChI is InChI=1S/C19H17N7O/c1-13(26-24-18(22-25-26)15-8-3-2-4-9-15)19(27)23-21-17-12-11-14-7-5-6-10-16(14)20-17/h2-13H,1H3,(H,20,21)(H,23,27). The predicted molar refractivity (Wildman–Crippen MR) is 101 cm³/mol. The lowest BCUT2D eigenvalue weighted by atomic mass is 10.2. The summed E-state index contributed by atoms with van der Waals surface area (Å²) in [7, 11) is 0. The van der Waals surface area contributed by atoms with Crippen molar-refractivity contribution in [2.45, 2.75) is 13.0 Å². The van der Waals surface area contributed by atoms with E-state index in [-0.39, 0.29) is 5.91 Å². The molecule has 0 saturated carbocycles. The van der Waals surface area contributed by atoms with E-state index in [4.69, 9.17) is 0 Å². The summed E-state index contributed by atoms with van der Waals surface area (Å²) in [6, 6.07) is 20.3. The van der Waals surface area contributed by atoms with Crippen LogP contribution in [0.25, 0.3) is 22.3 Å². The van der Waals surface area contributed by atoms with Crippen LogP contribution in [-0.4, -0.2) is 31.1 Å². The maximum absolute atomic E-state index is 12.4. The molecule has 0 bridgehead atoms. The number of aromatic nitrogens is 5. The fourth-order valence-corrected chi connectivity index (χ4v) is 2.56. The summed E-state index contributed by atoms with van der Waals surface area (Å²) in [5, 5.41) is 13.3. The van der Waals surface area contributed by atoms with E-state index in [1.54, 1.807) is 13.0 Å². The fraction of sp³-hybridized carbons (Fsp3) is 0.105. The summed E-state index contributed by atoms with van der Waals surface area (Å²) in [6.45, 7) is 1.70. The van der Waals surface area contributed by atoms with E-state index in [2.05, 4.69) is 31.2 Å². The number of para-hydroxylation sites is 1. The highest BCUT2D eigenvalue weighted by atomic mass is 16.2. The number of benzene rings is 2. The van der Waals surface area contributed by atoms with Gasteiger partial charge in [-0.25, -0.2) is 4.98 Å². The number of amides is 1. The minimum Gasteiger partial charge on any atom is -0.282 e. The molecule has 1 amide bonds. The largest absolute Gasteiger partial charge is 0.282 e. The summed E-state index contributed by atoms with van der Waals surface area (Å²) in [5.74, 6) is 0.715. The Morgan fingerprint density at radius 3 is 2.63 bits per heavy atom. The second-order valence-corrected chi connectivity index (χ2v) is 5.98. The first-order valence-corrected chi connectivity index (χ1v) is 8.47. The molecule has 0 radical (unpaired) electrons. The Balaban J connectivity index is 1.42. The molecule has 8 nitrogen and oxygen atoms in total. The van der Waals surface area contributed by atoms with Crippen LogP contribution in [0.1, 0.15) is 13.0 Å². The van der Waals surface area contributed by atoms with E-state index < -0.39 is 6.04 Å². The summed E-state index contributed by atoms with van der Waals surface area (Å²) < 4.78 is 0. The van der Waals surface area contributed by atoms with Crippen molar-refractivity contribution in [3.05, 3.63) is 66.7 Å². The number of hydrogen-bond acceptors (Lipinski definition) is 6. The zero-order valence-electron chi connectivity index (χ0n) is 14.6. The van der Waals surface area contributed by atoms with E-state index in [9.17, 15) is 4.79 Å². The van der Waals surface area contributed by atoms with E-state index in [1.165, 1.54) is 4.80 Å². The number of rotatable bonds is 5. The maximum atomic E-state index is 12.4. The third-order valence-electron chi connectivity index (χ3n) is 4.10. The van der Waals surface area contributed by atoms with Crippen molar-refractivity contribution in [2.75, 3.05) is 5.43 Å². The number of pyridine rings is 1. The summed E-state index contributed by atoms with van der Waals surface area (Å²) >= 11 is 0. The fourth-order valence-electron chi connectivity index (χ4n) is 2.56. The van der Waals surface area contributed by atoms with Crippen molar-refractivity contribution in [3.63, 3.8) is 0 Å². The monoisotopic (exact) mass is 359 g/mol. The van der Waals surface area contributed by atoms with Gasteiger partial charge < -0.3 is 0 Å². The van der Waals surface area contributed by atoms with Crippen LogP contribution >= 0.6 is 0 Å². The Kier molecular flexibility index (Phi) is 4.44. The van der Waals surface area contributed by atoms with Crippen molar-refractivity contribution in [1.82, 2.24) is 30.6 Å². The molecule has 1 atom stereocenters. The van der Waals surface area contributed by atoms with Crippen molar-refractivity contribution >= 4 is 22.6 Å². The zero-order chi connectivity index (χ0) is 18.6. The molecule has 0 saturated heterocycles. The highest BCUT2D eigenvalue weighted by Crippen LogP contribution is 2.15. The van der Waals surface area contributed by atoms with Crippen LogP contribution in [0.15, 0.2) is 66.7 Å². The molecular formula is C19H17N7O. The highest BCUT2D eigenvalue weighted by molar-refractivity contribution is 5.82. The van der Waals surface area contributed by atoms with Gasteiger partial charge in [-0.2, -0.15) is 4.80 Å². The van der Waals surface area contributed by atoms with Gasteiger partial charge in [0.15, 0.2) is 6.04 Å². The third-order valence-corrected chi connectivity index (χ3v) is 4.10. The minimum atomic E-state index is -0.636. The molecule has 0 aliphatic carbocycles. The molecule has 1 unspecified atom stereocenters. The van der Waals surface area contributed by atoms with Gasteiger partial charge in [0.1, 0.15) is 5.82 Å². The van der Waals surface area contributed by atoms with Gasteiger partial charge in [-0.3, -0.25) is 15.6 Å². The Bertz CT molecular complexity index is 1080. The number of carbonyl (C=O) groups is 1. The molecule has 134 valence electrons. The molecular weight excluding hydrogens is 342 g/mol. The molecule has 0 fully saturated rings. The zero-order valence-corrected chi connectivity index (χ0v) is 14.6. The normalized spacial score (nSPS) is 11.9. The lowest BCUT2D eigenvalue weighted by Gasteiger charge is -2.12. The number of fused-ring (bicyclic) bond motifs is 1. The number of nitrogens with one attached hydrogen (secondary N) is 2. The van der Waals surface area contributed by atoms with Crippen LogP contribution in [0.5, 0.6) is 0 Å². The molecule has 8 heteroatoms. The summed E-state index contributed by atoms with van der Waals surface area (Å²) in [4.78, 5) is 18.1. The summed E-state index contributed by atoms with van der Waals surface area (Å²) in [6.07, 6.45) is 0.